The Kier molecular flexibility index (Phi) is 4.32. The fraction of sp³-hybridized carbons (Fsp3) is 0.333. The lowest BCUT2D eigenvalue weighted by Gasteiger charge is -2.05. The standard InChI is InChI=1S/C15H17F2NS/c1-9(2)18-8-11-4-5-15(19-11)12-7-13(16)10(3)6-14(12)17/h4-7,9,18H,8H2,1-3H3. The molecule has 0 aliphatic carbocycles. The van der Waals surface area contributed by atoms with Crippen molar-refractivity contribution in [2.75, 3.05) is 0 Å². The van der Waals surface area contributed by atoms with Crippen molar-refractivity contribution >= 4 is 11.3 Å². The summed E-state index contributed by atoms with van der Waals surface area (Å²) in [6.45, 7) is 6.46. The van der Waals surface area contributed by atoms with Gasteiger partial charge >= 0.3 is 0 Å². The summed E-state index contributed by atoms with van der Waals surface area (Å²) in [5.41, 5.74) is 0.670. The maximum absolute atomic E-state index is 13.9. The van der Waals surface area contributed by atoms with E-state index in [9.17, 15) is 8.78 Å². The van der Waals surface area contributed by atoms with Gasteiger partial charge < -0.3 is 5.32 Å². The fourth-order valence-electron chi connectivity index (χ4n) is 1.76. The number of benzene rings is 1. The van der Waals surface area contributed by atoms with Crippen LogP contribution in [0, 0.1) is 18.6 Å². The number of nitrogens with one attached hydrogen (secondary N) is 1. The van der Waals surface area contributed by atoms with Crippen LogP contribution in [0.4, 0.5) is 8.78 Å². The van der Waals surface area contributed by atoms with Crippen LogP contribution in [0.3, 0.4) is 0 Å². The smallest absolute Gasteiger partial charge is 0.132 e. The van der Waals surface area contributed by atoms with Crippen LogP contribution < -0.4 is 5.32 Å². The van der Waals surface area contributed by atoms with E-state index in [-0.39, 0.29) is 11.6 Å². The quantitative estimate of drug-likeness (QED) is 0.870. The van der Waals surface area contributed by atoms with E-state index in [2.05, 4.69) is 19.2 Å². The molecule has 0 atom stereocenters. The van der Waals surface area contributed by atoms with Crippen LogP contribution in [0.1, 0.15) is 24.3 Å². The molecule has 1 heterocycles. The molecule has 0 radical (unpaired) electrons. The number of rotatable bonds is 4. The maximum atomic E-state index is 13.9. The van der Waals surface area contributed by atoms with E-state index in [0.717, 1.165) is 16.3 Å². The molecule has 2 aromatic rings. The van der Waals surface area contributed by atoms with Crippen LogP contribution in [0.5, 0.6) is 0 Å². The van der Waals surface area contributed by atoms with Gasteiger partial charge in [0.2, 0.25) is 0 Å². The fourth-order valence-corrected chi connectivity index (χ4v) is 2.73. The number of hydrogen-bond donors (Lipinski definition) is 1. The van der Waals surface area contributed by atoms with Crippen molar-refractivity contribution in [2.45, 2.75) is 33.4 Å². The Hall–Kier alpha value is -1.26. The third-order valence-electron chi connectivity index (χ3n) is 2.86. The maximum Gasteiger partial charge on any atom is 0.132 e. The number of hydrogen-bond acceptors (Lipinski definition) is 2. The van der Waals surface area contributed by atoms with Gasteiger partial charge in [-0.15, -0.1) is 11.3 Å². The molecule has 1 aromatic heterocycles. The van der Waals surface area contributed by atoms with E-state index in [1.54, 1.807) is 6.92 Å². The average molecular weight is 281 g/mol. The van der Waals surface area contributed by atoms with Gasteiger partial charge in [0.05, 0.1) is 0 Å². The summed E-state index contributed by atoms with van der Waals surface area (Å²) in [5.74, 6) is -0.740. The highest BCUT2D eigenvalue weighted by atomic mass is 32.1. The van der Waals surface area contributed by atoms with Gasteiger partial charge in [-0.1, -0.05) is 13.8 Å². The van der Waals surface area contributed by atoms with Gasteiger partial charge in [-0.3, -0.25) is 0 Å². The predicted molar refractivity (Wildman–Crippen MR) is 76.4 cm³/mol. The average Bonchev–Trinajstić information content (AvgIpc) is 2.80. The summed E-state index contributed by atoms with van der Waals surface area (Å²) < 4.78 is 27.4. The molecule has 0 aliphatic rings. The third-order valence-corrected chi connectivity index (χ3v) is 3.98. The molecule has 0 aliphatic heterocycles. The summed E-state index contributed by atoms with van der Waals surface area (Å²) >= 11 is 1.49. The zero-order chi connectivity index (χ0) is 14.0. The molecule has 102 valence electrons. The first kappa shape index (κ1) is 14.2. The topological polar surface area (TPSA) is 12.0 Å². The van der Waals surface area contributed by atoms with E-state index >= 15 is 0 Å². The lowest BCUT2D eigenvalue weighted by Crippen LogP contribution is -2.21. The van der Waals surface area contributed by atoms with Crippen LogP contribution in [0.15, 0.2) is 24.3 Å². The monoisotopic (exact) mass is 281 g/mol. The second kappa shape index (κ2) is 5.80. The minimum atomic E-state index is -0.371. The molecule has 0 saturated heterocycles. The number of aryl methyl sites for hydroxylation is 1. The van der Waals surface area contributed by atoms with Crippen LogP contribution in [-0.2, 0) is 6.54 Å². The van der Waals surface area contributed by atoms with Crippen molar-refractivity contribution in [1.82, 2.24) is 5.32 Å². The van der Waals surface area contributed by atoms with Crippen LogP contribution in [0.2, 0.25) is 0 Å². The van der Waals surface area contributed by atoms with Gasteiger partial charge in [-0.2, -0.15) is 0 Å². The summed E-state index contributed by atoms with van der Waals surface area (Å²) in [7, 11) is 0. The first-order valence-electron chi connectivity index (χ1n) is 6.25. The molecule has 0 fully saturated rings. The highest BCUT2D eigenvalue weighted by Crippen LogP contribution is 2.31. The molecule has 1 nitrogen and oxygen atoms in total. The highest BCUT2D eigenvalue weighted by molar-refractivity contribution is 7.15. The molecule has 19 heavy (non-hydrogen) atoms. The van der Waals surface area contributed by atoms with Crippen molar-refractivity contribution in [3.8, 4) is 10.4 Å². The molecule has 1 aromatic carbocycles. The molecular weight excluding hydrogens is 264 g/mol. The summed E-state index contributed by atoms with van der Waals surface area (Å²) in [6.07, 6.45) is 0. The zero-order valence-corrected chi connectivity index (χ0v) is 12.1. The lowest BCUT2D eigenvalue weighted by molar-refractivity contribution is 0.593. The van der Waals surface area contributed by atoms with Crippen molar-refractivity contribution in [2.24, 2.45) is 0 Å². The minimum absolute atomic E-state index is 0.333. The molecule has 0 amide bonds. The Bertz CT molecular complexity index is 576. The van der Waals surface area contributed by atoms with Crippen molar-refractivity contribution in [3.05, 3.63) is 46.3 Å². The van der Waals surface area contributed by atoms with Crippen molar-refractivity contribution in [1.29, 1.82) is 0 Å². The van der Waals surface area contributed by atoms with Gasteiger partial charge in [0.1, 0.15) is 11.6 Å². The SMILES string of the molecule is Cc1cc(F)c(-c2ccc(CNC(C)C)s2)cc1F. The minimum Gasteiger partial charge on any atom is -0.310 e. The first-order chi connectivity index (χ1) is 8.97. The van der Waals surface area contributed by atoms with Crippen LogP contribution in [-0.4, -0.2) is 6.04 Å². The van der Waals surface area contributed by atoms with Gasteiger partial charge in [0.25, 0.3) is 0 Å². The van der Waals surface area contributed by atoms with E-state index in [4.69, 9.17) is 0 Å². The molecule has 4 heteroatoms. The summed E-state index contributed by atoms with van der Waals surface area (Å²) in [4.78, 5) is 1.88. The van der Waals surface area contributed by atoms with Crippen LogP contribution >= 0.6 is 11.3 Å². The highest BCUT2D eigenvalue weighted by Gasteiger charge is 2.11. The Labute approximate surface area is 116 Å². The largest absolute Gasteiger partial charge is 0.310 e. The van der Waals surface area contributed by atoms with Gasteiger partial charge in [0, 0.05) is 27.9 Å². The second-order valence-corrected chi connectivity index (χ2v) is 6.05. The van der Waals surface area contributed by atoms with Crippen molar-refractivity contribution in [3.63, 3.8) is 0 Å². The number of thiophene rings is 1. The predicted octanol–water partition coefficient (Wildman–Crippen LogP) is 4.50. The molecule has 0 unspecified atom stereocenters. The zero-order valence-electron chi connectivity index (χ0n) is 11.3. The van der Waals surface area contributed by atoms with Gasteiger partial charge in [-0.05, 0) is 36.8 Å². The van der Waals surface area contributed by atoms with E-state index in [0.29, 0.717) is 17.2 Å². The van der Waals surface area contributed by atoms with E-state index in [1.807, 2.05) is 12.1 Å². The first-order valence-corrected chi connectivity index (χ1v) is 7.07. The van der Waals surface area contributed by atoms with Gasteiger partial charge in [-0.25, -0.2) is 8.78 Å². The normalized spacial score (nSPS) is 11.3. The number of halogens is 2. The second-order valence-electron chi connectivity index (χ2n) is 4.88. The summed E-state index contributed by atoms with van der Waals surface area (Å²) in [6, 6.07) is 6.72. The molecule has 1 N–H and O–H groups in total. The van der Waals surface area contributed by atoms with E-state index in [1.165, 1.54) is 23.5 Å². The van der Waals surface area contributed by atoms with E-state index < -0.39 is 0 Å². The Morgan fingerprint density at radius 3 is 2.58 bits per heavy atom. The molecule has 0 bridgehead atoms. The molecule has 2 rings (SSSR count). The summed E-state index contributed by atoms with van der Waals surface area (Å²) in [5, 5.41) is 3.30. The lowest BCUT2D eigenvalue weighted by atomic mass is 10.1. The Balaban J connectivity index is 2.25. The molecular formula is C15H17F2NS. The van der Waals surface area contributed by atoms with Crippen LogP contribution in [0.25, 0.3) is 10.4 Å². The molecule has 0 spiro atoms. The third kappa shape index (κ3) is 3.39. The Morgan fingerprint density at radius 2 is 1.89 bits per heavy atom. The Morgan fingerprint density at radius 1 is 1.16 bits per heavy atom. The van der Waals surface area contributed by atoms with Crippen molar-refractivity contribution < 1.29 is 8.78 Å². The molecule has 0 saturated carbocycles. The van der Waals surface area contributed by atoms with Gasteiger partial charge in [0.15, 0.2) is 0 Å².